The fraction of sp³-hybridized carbons (Fsp3) is 0.294. The topological polar surface area (TPSA) is 103 Å². The Bertz CT molecular complexity index is 835. The molecule has 0 saturated heterocycles. The van der Waals surface area contributed by atoms with Gasteiger partial charge in [0.1, 0.15) is 5.56 Å². The maximum Gasteiger partial charge on any atom is 0.303 e. The minimum Gasteiger partial charge on any atom is -0.503 e. The molecule has 1 heterocycles. The maximum atomic E-state index is 12.6. The summed E-state index contributed by atoms with van der Waals surface area (Å²) in [6.07, 6.45) is 1.48. The van der Waals surface area contributed by atoms with Crippen molar-refractivity contribution >= 4 is 35.1 Å². The molecule has 0 aliphatic carbocycles. The second-order valence-electron chi connectivity index (χ2n) is 5.82. The lowest BCUT2D eigenvalue weighted by molar-refractivity contribution is -0.137. The molecule has 1 amide bonds. The Morgan fingerprint density at radius 2 is 1.88 bits per heavy atom. The molecule has 0 aliphatic rings. The number of aliphatic carboxylic acids is 1. The van der Waals surface area contributed by atoms with Gasteiger partial charge in [-0.1, -0.05) is 29.3 Å². The number of amides is 1. The van der Waals surface area contributed by atoms with Gasteiger partial charge in [0.15, 0.2) is 5.75 Å². The van der Waals surface area contributed by atoms with Gasteiger partial charge in [0.05, 0.1) is 10.0 Å². The summed E-state index contributed by atoms with van der Waals surface area (Å²) in [4.78, 5) is 24.5. The van der Waals surface area contributed by atoms with E-state index in [2.05, 4.69) is 0 Å². The molecule has 2 aromatic rings. The lowest BCUT2D eigenvalue weighted by atomic mass is 10.2. The number of aromatic nitrogens is 1. The summed E-state index contributed by atoms with van der Waals surface area (Å²) in [5, 5.41) is 29.4. The average molecular weight is 401 g/mol. The summed E-state index contributed by atoms with van der Waals surface area (Å²) in [5.74, 6) is -2.47. The Kier molecular flexibility index (Phi) is 6.39. The molecule has 26 heavy (non-hydrogen) atoms. The van der Waals surface area contributed by atoms with Crippen LogP contribution in [-0.4, -0.2) is 43.7 Å². The van der Waals surface area contributed by atoms with Crippen molar-refractivity contribution in [1.82, 2.24) is 9.47 Å². The van der Waals surface area contributed by atoms with Gasteiger partial charge in [0, 0.05) is 32.8 Å². The number of carbonyl (C=O) groups excluding carboxylic acids is 1. The molecular formula is C17H18Cl2N2O5. The molecule has 140 valence electrons. The van der Waals surface area contributed by atoms with E-state index in [9.17, 15) is 19.8 Å². The van der Waals surface area contributed by atoms with E-state index in [-0.39, 0.29) is 31.5 Å². The lowest BCUT2D eigenvalue weighted by Crippen LogP contribution is -2.26. The molecule has 2 rings (SSSR count). The minimum atomic E-state index is -0.960. The number of hydrogen-bond donors (Lipinski definition) is 3. The normalized spacial score (nSPS) is 10.7. The van der Waals surface area contributed by atoms with Gasteiger partial charge in [-0.3, -0.25) is 9.59 Å². The summed E-state index contributed by atoms with van der Waals surface area (Å²) < 4.78 is 1.25. The van der Waals surface area contributed by atoms with Crippen LogP contribution in [0.4, 0.5) is 0 Å². The average Bonchev–Trinajstić information content (AvgIpc) is 2.85. The monoisotopic (exact) mass is 400 g/mol. The predicted octanol–water partition coefficient (Wildman–Crippen LogP) is 3.34. The molecule has 3 N–H and O–H groups in total. The van der Waals surface area contributed by atoms with Crippen molar-refractivity contribution in [1.29, 1.82) is 0 Å². The second kappa shape index (κ2) is 8.33. The number of carboxylic acids is 1. The molecule has 0 fully saturated rings. The highest BCUT2D eigenvalue weighted by Gasteiger charge is 2.23. The highest BCUT2D eigenvalue weighted by atomic mass is 35.5. The number of aryl methyl sites for hydroxylation is 1. The first kappa shape index (κ1) is 19.9. The molecule has 0 atom stereocenters. The van der Waals surface area contributed by atoms with Crippen LogP contribution in [0.1, 0.15) is 28.8 Å². The molecular weight excluding hydrogens is 383 g/mol. The van der Waals surface area contributed by atoms with Gasteiger partial charge in [-0.25, -0.2) is 0 Å². The Labute approximate surface area is 160 Å². The van der Waals surface area contributed by atoms with E-state index in [4.69, 9.17) is 28.3 Å². The van der Waals surface area contributed by atoms with Gasteiger partial charge >= 0.3 is 5.97 Å². The molecule has 0 radical (unpaired) electrons. The highest BCUT2D eigenvalue weighted by molar-refractivity contribution is 6.42. The van der Waals surface area contributed by atoms with Crippen LogP contribution in [0.5, 0.6) is 11.6 Å². The van der Waals surface area contributed by atoms with Crippen molar-refractivity contribution in [2.45, 2.75) is 25.9 Å². The van der Waals surface area contributed by atoms with Crippen LogP contribution in [0.15, 0.2) is 24.4 Å². The van der Waals surface area contributed by atoms with Gasteiger partial charge in [0.2, 0.25) is 5.88 Å². The molecule has 9 heteroatoms. The van der Waals surface area contributed by atoms with E-state index in [0.29, 0.717) is 10.0 Å². The molecule has 0 aliphatic heterocycles. The van der Waals surface area contributed by atoms with Crippen molar-refractivity contribution < 1.29 is 24.9 Å². The third kappa shape index (κ3) is 4.62. The predicted molar refractivity (Wildman–Crippen MR) is 96.9 cm³/mol. The van der Waals surface area contributed by atoms with E-state index < -0.39 is 23.5 Å². The first-order chi connectivity index (χ1) is 12.2. The number of halogens is 2. The first-order valence-corrected chi connectivity index (χ1v) is 8.48. The zero-order chi connectivity index (χ0) is 19.4. The van der Waals surface area contributed by atoms with Gasteiger partial charge in [-0.15, -0.1) is 0 Å². The molecule has 1 aromatic heterocycles. The van der Waals surface area contributed by atoms with Crippen LogP contribution >= 0.6 is 23.2 Å². The van der Waals surface area contributed by atoms with E-state index in [1.165, 1.54) is 15.7 Å². The summed E-state index contributed by atoms with van der Waals surface area (Å²) in [6.45, 7) is 0.385. The number of rotatable bonds is 7. The van der Waals surface area contributed by atoms with Crippen molar-refractivity contribution in [2.75, 3.05) is 7.05 Å². The molecule has 1 aromatic carbocycles. The van der Waals surface area contributed by atoms with E-state index in [1.54, 1.807) is 25.2 Å². The lowest BCUT2D eigenvalue weighted by Gasteiger charge is -2.17. The Morgan fingerprint density at radius 1 is 1.19 bits per heavy atom. The number of nitrogens with zero attached hydrogens (tertiary/aromatic N) is 2. The van der Waals surface area contributed by atoms with Crippen molar-refractivity contribution in [3.8, 4) is 11.6 Å². The van der Waals surface area contributed by atoms with Crippen LogP contribution in [-0.2, 0) is 17.9 Å². The van der Waals surface area contributed by atoms with Gasteiger partial charge < -0.3 is 24.8 Å². The number of benzene rings is 1. The van der Waals surface area contributed by atoms with Gasteiger partial charge in [0.25, 0.3) is 5.91 Å². The van der Waals surface area contributed by atoms with Crippen LogP contribution in [0.25, 0.3) is 0 Å². The fourth-order valence-corrected chi connectivity index (χ4v) is 2.77. The molecule has 0 bridgehead atoms. The molecule has 0 saturated carbocycles. The van der Waals surface area contributed by atoms with E-state index >= 15 is 0 Å². The first-order valence-electron chi connectivity index (χ1n) is 7.73. The van der Waals surface area contributed by atoms with Crippen molar-refractivity contribution in [3.63, 3.8) is 0 Å². The maximum absolute atomic E-state index is 12.6. The minimum absolute atomic E-state index is 0.0691. The molecule has 0 unspecified atom stereocenters. The van der Waals surface area contributed by atoms with Crippen molar-refractivity contribution in [3.05, 3.63) is 45.6 Å². The Hall–Kier alpha value is -2.38. The van der Waals surface area contributed by atoms with E-state index in [1.807, 2.05) is 0 Å². The largest absolute Gasteiger partial charge is 0.503 e. The fourth-order valence-electron chi connectivity index (χ4n) is 2.45. The van der Waals surface area contributed by atoms with Gasteiger partial charge in [-0.05, 0) is 24.1 Å². The van der Waals surface area contributed by atoms with Crippen LogP contribution in [0.3, 0.4) is 0 Å². The standard InChI is InChI=1S/C17H18Cl2N2O5/c1-20(8-10-4-5-12(18)13(19)7-10)16(25)11-9-21(17(26)15(11)24)6-2-3-14(22)23/h4-5,7,9,24,26H,2-3,6,8H2,1H3,(H,22,23). The number of carbonyl (C=O) groups is 2. The second-order valence-corrected chi connectivity index (χ2v) is 6.63. The summed E-state index contributed by atoms with van der Waals surface area (Å²) in [7, 11) is 1.54. The quantitative estimate of drug-likeness (QED) is 0.660. The van der Waals surface area contributed by atoms with Crippen LogP contribution < -0.4 is 0 Å². The van der Waals surface area contributed by atoms with Crippen LogP contribution in [0.2, 0.25) is 10.0 Å². The number of carboxylic acid groups (broad SMARTS) is 1. The number of hydrogen-bond acceptors (Lipinski definition) is 4. The smallest absolute Gasteiger partial charge is 0.303 e. The third-order valence-corrected chi connectivity index (χ3v) is 4.53. The summed E-state index contributed by atoms with van der Waals surface area (Å²) in [6, 6.07) is 4.99. The molecule has 7 nitrogen and oxygen atoms in total. The third-order valence-electron chi connectivity index (χ3n) is 3.79. The number of aromatic hydroxyl groups is 2. The van der Waals surface area contributed by atoms with E-state index in [0.717, 1.165) is 5.56 Å². The zero-order valence-electron chi connectivity index (χ0n) is 13.9. The Balaban J connectivity index is 2.12. The van der Waals surface area contributed by atoms with Crippen molar-refractivity contribution in [2.24, 2.45) is 0 Å². The molecule has 0 spiro atoms. The van der Waals surface area contributed by atoms with Crippen LogP contribution in [0, 0.1) is 0 Å². The summed E-state index contributed by atoms with van der Waals surface area (Å²) >= 11 is 11.8. The highest BCUT2D eigenvalue weighted by Crippen LogP contribution is 2.32. The summed E-state index contributed by atoms with van der Waals surface area (Å²) in [5.41, 5.74) is 0.681. The zero-order valence-corrected chi connectivity index (χ0v) is 15.5. The van der Waals surface area contributed by atoms with Gasteiger partial charge in [-0.2, -0.15) is 0 Å². The SMILES string of the molecule is CN(Cc1ccc(Cl)c(Cl)c1)C(=O)c1cn(CCCC(=O)O)c(O)c1O. The Morgan fingerprint density at radius 3 is 2.50 bits per heavy atom.